The minimum atomic E-state index is -1.18. The summed E-state index contributed by atoms with van der Waals surface area (Å²) in [4.78, 5) is 51.4. The molecule has 1 aromatic rings. The molecule has 184 valence electrons. The van der Waals surface area contributed by atoms with Crippen LogP contribution in [0.1, 0.15) is 52.6 Å². The molecule has 0 spiro atoms. The van der Waals surface area contributed by atoms with Gasteiger partial charge in [0, 0.05) is 7.05 Å². The Balaban J connectivity index is 3.23. The highest BCUT2D eigenvalue weighted by Crippen LogP contribution is 2.25. The van der Waals surface area contributed by atoms with Gasteiger partial charge < -0.3 is 30.1 Å². The molecule has 0 radical (unpaired) electrons. The van der Waals surface area contributed by atoms with E-state index < -0.39 is 48.1 Å². The van der Waals surface area contributed by atoms with Crippen LogP contribution in [0.3, 0.4) is 0 Å². The van der Waals surface area contributed by atoms with Crippen molar-refractivity contribution in [2.24, 2.45) is 5.92 Å². The van der Waals surface area contributed by atoms with Crippen molar-refractivity contribution in [3.05, 3.63) is 29.8 Å². The number of phenolic OH excluding ortho intramolecular Hbond substituents is 1. The number of aromatic hydroxyl groups is 1. The van der Waals surface area contributed by atoms with Crippen LogP contribution in [0.4, 0.5) is 4.79 Å². The Hall–Kier alpha value is -3.30. The molecule has 0 saturated carbocycles. The standard InChI is InChI=1S/C23H35N3O7/c1-14(2)11-17(25-22(31)33-23(3,4)5)21(30)26(6)19(15-9-8-10-16(27)12-15)20(29)24-13-18(28)32-7/h8-10,12,14,17,19,27H,11,13H2,1-7H3,(H,24,29)(H,25,31). The Morgan fingerprint density at radius 1 is 1.15 bits per heavy atom. The second kappa shape index (κ2) is 12.1. The van der Waals surface area contributed by atoms with E-state index in [0.717, 1.165) is 0 Å². The van der Waals surface area contributed by atoms with Gasteiger partial charge in [-0.05, 0) is 50.8 Å². The predicted molar refractivity (Wildman–Crippen MR) is 121 cm³/mol. The van der Waals surface area contributed by atoms with Crippen LogP contribution in [0.15, 0.2) is 24.3 Å². The molecule has 0 fully saturated rings. The summed E-state index contributed by atoms with van der Waals surface area (Å²) in [6.07, 6.45) is -0.446. The van der Waals surface area contributed by atoms with Crippen LogP contribution in [0.2, 0.25) is 0 Å². The third-order valence-electron chi connectivity index (χ3n) is 4.50. The fourth-order valence-electron chi connectivity index (χ4n) is 3.09. The first-order chi connectivity index (χ1) is 15.2. The smallest absolute Gasteiger partial charge is 0.408 e. The van der Waals surface area contributed by atoms with Crippen LogP contribution >= 0.6 is 0 Å². The first-order valence-electron chi connectivity index (χ1n) is 10.6. The average Bonchev–Trinajstić information content (AvgIpc) is 2.69. The van der Waals surface area contributed by atoms with Crippen LogP contribution in [-0.4, -0.2) is 66.2 Å². The zero-order chi connectivity index (χ0) is 25.3. The zero-order valence-electron chi connectivity index (χ0n) is 20.3. The number of methoxy groups -OCH3 is 1. The predicted octanol–water partition coefficient (Wildman–Crippen LogP) is 2.12. The SMILES string of the molecule is COC(=O)CNC(=O)C(c1cccc(O)c1)N(C)C(=O)C(CC(C)C)NC(=O)OC(C)(C)C. The summed E-state index contributed by atoms with van der Waals surface area (Å²) in [5.74, 6) is -1.88. The number of esters is 1. The maximum atomic E-state index is 13.4. The first kappa shape index (κ1) is 27.7. The number of nitrogens with one attached hydrogen (secondary N) is 2. The molecular formula is C23H35N3O7. The van der Waals surface area contributed by atoms with Gasteiger partial charge in [-0.25, -0.2) is 4.79 Å². The molecule has 0 aromatic heterocycles. The summed E-state index contributed by atoms with van der Waals surface area (Å²) in [6, 6.07) is 3.76. The number of alkyl carbamates (subject to hydrolysis) is 1. The number of carbonyl (C=O) groups excluding carboxylic acids is 4. The second-order valence-electron chi connectivity index (χ2n) is 9.07. The van der Waals surface area contributed by atoms with Crippen LogP contribution < -0.4 is 10.6 Å². The van der Waals surface area contributed by atoms with Crippen LogP contribution in [-0.2, 0) is 23.9 Å². The second-order valence-corrected chi connectivity index (χ2v) is 9.07. The third kappa shape index (κ3) is 9.38. The molecule has 2 atom stereocenters. The van der Waals surface area contributed by atoms with Crippen molar-refractivity contribution in [2.45, 2.75) is 58.7 Å². The summed E-state index contributed by atoms with van der Waals surface area (Å²) in [7, 11) is 2.61. The lowest BCUT2D eigenvalue weighted by Gasteiger charge is -2.32. The van der Waals surface area contributed by atoms with Crippen molar-refractivity contribution in [3.63, 3.8) is 0 Å². The Morgan fingerprint density at radius 2 is 1.79 bits per heavy atom. The topological polar surface area (TPSA) is 134 Å². The molecule has 0 saturated heterocycles. The molecule has 3 amide bonds. The number of amides is 3. The highest BCUT2D eigenvalue weighted by molar-refractivity contribution is 5.93. The number of carbonyl (C=O) groups is 4. The van der Waals surface area contributed by atoms with Crippen molar-refractivity contribution in [3.8, 4) is 5.75 Å². The molecular weight excluding hydrogens is 430 g/mol. The lowest BCUT2D eigenvalue weighted by molar-refractivity contribution is -0.144. The van der Waals surface area contributed by atoms with Crippen molar-refractivity contribution < 1.29 is 33.8 Å². The van der Waals surface area contributed by atoms with Gasteiger partial charge in [-0.15, -0.1) is 0 Å². The maximum Gasteiger partial charge on any atom is 0.408 e. The first-order valence-corrected chi connectivity index (χ1v) is 10.6. The molecule has 10 heteroatoms. The Labute approximate surface area is 194 Å². The van der Waals surface area contributed by atoms with Crippen molar-refractivity contribution in [1.29, 1.82) is 0 Å². The minimum absolute atomic E-state index is 0.0506. The molecule has 0 aliphatic heterocycles. The number of likely N-dealkylation sites (N-methyl/N-ethyl adjacent to an activating group) is 1. The molecule has 1 aromatic carbocycles. The van der Waals surface area contributed by atoms with Gasteiger partial charge in [-0.1, -0.05) is 26.0 Å². The van der Waals surface area contributed by atoms with Crippen molar-refractivity contribution in [2.75, 3.05) is 20.7 Å². The van der Waals surface area contributed by atoms with E-state index in [1.54, 1.807) is 26.8 Å². The summed E-state index contributed by atoms with van der Waals surface area (Å²) in [5, 5.41) is 14.9. The molecule has 0 aliphatic carbocycles. The Bertz CT molecular complexity index is 849. The van der Waals surface area contributed by atoms with Gasteiger partial charge in [0.15, 0.2) is 0 Å². The van der Waals surface area contributed by atoms with Crippen LogP contribution in [0.5, 0.6) is 5.75 Å². The highest BCUT2D eigenvalue weighted by Gasteiger charge is 2.34. The fourth-order valence-corrected chi connectivity index (χ4v) is 3.09. The van der Waals surface area contributed by atoms with E-state index in [-0.39, 0.29) is 11.7 Å². The molecule has 3 N–H and O–H groups in total. The van der Waals surface area contributed by atoms with Gasteiger partial charge in [0.2, 0.25) is 11.8 Å². The summed E-state index contributed by atoms with van der Waals surface area (Å²) in [6.45, 7) is 8.53. The average molecular weight is 466 g/mol. The lowest BCUT2D eigenvalue weighted by atomic mass is 9.99. The normalized spacial score (nSPS) is 13.0. The fraction of sp³-hybridized carbons (Fsp3) is 0.565. The number of rotatable bonds is 9. The zero-order valence-corrected chi connectivity index (χ0v) is 20.3. The molecule has 2 unspecified atom stereocenters. The largest absolute Gasteiger partial charge is 0.508 e. The summed E-state index contributed by atoms with van der Waals surface area (Å²) in [5.41, 5.74) is -0.423. The van der Waals surface area contributed by atoms with E-state index in [1.165, 1.54) is 37.3 Å². The number of hydrogen-bond donors (Lipinski definition) is 3. The molecule has 10 nitrogen and oxygen atoms in total. The van der Waals surface area contributed by atoms with Crippen LogP contribution in [0.25, 0.3) is 0 Å². The van der Waals surface area contributed by atoms with Crippen LogP contribution in [0, 0.1) is 5.92 Å². The molecule has 1 rings (SSSR count). The van der Waals surface area contributed by atoms with Gasteiger partial charge in [-0.2, -0.15) is 0 Å². The maximum absolute atomic E-state index is 13.4. The van der Waals surface area contributed by atoms with Gasteiger partial charge >= 0.3 is 12.1 Å². The van der Waals surface area contributed by atoms with Gasteiger partial charge in [0.05, 0.1) is 7.11 Å². The Morgan fingerprint density at radius 3 is 2.30 bits per heavy atom. The highest BCUT2D eigenvalue weighted by atomic mass is 16.6. The van der Waals surface area contributed by atoms with E-state index in [4.69, 9.17) is 4.74 Å². The van der Waals surface area contributed by atoms with E-state index in [0.29, 0.717) is 12.0 Å². The number of phenols is 1. The van der Waals surface area contributed by atoms with Gasteiger partial charge in [0.1, 0.15) is 30.0 Å². The lowest BCUT2D eigenvalue weighted by Crippen LogP contribution is -2.52. The molecule has 0 heterocycles. The minimum Gasteiger partial charge on any atom is -0.508 e. The summed E-state index contributed by atoms with van der Waals surface area (Å²) >= 11 is 0. The quantitative estimate of drug-likeness (QED) is 0.476. The third-order valence-corrected chi connectivity index (χ3v) is 4.50. The molecule has 0 aliphatic rings. The monoisotopic (exact) mass is 465 g/mol. The van der Waals surface area contributed by atoms with E-state index in [2.05, 4.69) is 15.4 Å². The van der Waals surface area contributed by atoms with Gasteiger partial charge in [-0.3, -0.25) is 14.4 Å². The number of ether oxygens (including phenoxy) is 2. The van der Waals surface area contributed by atoms with E-state index in [9.17, 15) is 24.3 Å². The van der Waals surface area contributed by atoms with Crippen molar-refractivity contribution >= 4 is 23.9 Å². The Kier molecular flexibility index (Phi) is 10.2. The molecule has 33 heavy (non-hydrogen) atoms. The number of nitrogens with zero attached hydrogens (tertiary/aromatic N) is 1. The van der Waals surface area contributed by atoms with E-state index >= 15 is 0 Å². The van der Waals surface area contributed by atoms with E-state index in [1.807, 2.05) is 13.8 Å². The van der Waals surface area contributed by atoms with Gasteiger partial charge in [0.25, 0.3) is 0 Å². The number of benzene rings is 1. The molecule has 0 bridgehead atoms. The summed E-state index contributed by atoms with van der Waals surface area (Å²) < 4.78 is 9.82. The number of hydrogen-bond acceptors (Lipinski definition) is 7. The van der Waals surface area contributed by atoms with Crippen molar-refractivity contribution in [1.82, 2.24) is 15.5 Å².